The normalized spacial score (nSPS) is 19.7. The molecule has 2 nitrogen and oxygen atoms in total. The van der Waals surface area contributed by atoms with E-state index in [9.17, 15) is 9.90 Å². The number of aryl methyl sites for hydroxylation is 2. The maximum atomic E-state index is 11.5. The van der Waals surface area contributed by atoms with Crippen molar-refractivity contribution in [2.75, 3.05) is 0 Å². The van der Waals surface area contributed by atoms with E-state index in [1.807, 2.05) is 19.1 Å². The first-order chi connectivity index (χ1) is 10.9. The molecule has 2 aromatic rings. The Morgan fingerprint density at radius 1 is 1.17 bits per heavy atom. The van der Waals surface area contributed by atoms with Crippen molar-refractivity contribution in [2.45, 2.75) is 32.6 Å². The number of rotatable bonds is 4. The van der Waals surface area contributed by atoms with Crippen molar-refractivity contribution in [3.05, 3.63) is 68.2 Å². The molecule has 0 saturated heterocycles. The highest BCUT2D eigenvalue weighted by atomic mass is 35.5. The lowest BCUT2D eigenvalue weighted by Gasteiger charge is -2.10. The van der Waals surface area contributed by atoms with E-state index in [1.165, 1.54) is 11.1 Å². The lowest BCUT2D eigenvalue weighted by atomic mass is 9.97. The van der Waals surface area contributed by atoms with Crippen LogP contribution in [0.5, 0.6) is 0 Å². The molecule has 0 spiro atoms. The van der Waals surface area contributed by atoms with E-state index < -0.39 is 5.97 Å². The summed E-state index contributed by atoms with van der Waals surface area (Å²) in [5.41, 5.74) is 4.32. The number of benzene rings is 2. The molecule has 0 amide bonds. The molecule has 1 saturated carbocycles. The van der Waals surface area contributed by atoms with Crippen LogP contribution in [0.1, 0.15) is 45.0 Å². The van der Waals surface area contributed by atoms with Gasteiger partial charge >= 0.3 is 5.97 Å². The minimum absolute atomic E-state index is 0.355. The molecule has 0 radical (unpaired) electrons. The van der Waals surface area contributed by atoms with Gasteiger partial charge in [0, 0.05) is 10.0 Å². The molecule has 1 aliphatic rings. The Balaban J connectivity index is 1.83. The zero-order chi connectivity index (χ0) is 16.7. The topological polar surface area (TPSA) is 37.3 Å². The fourth-order valence-corrected chi connectivity index (χ4v) is 3.62. The number of hydrogen-bond acceptors (Lipinski definition) is 1. The molecule has 1 aliphatic carbocycles. The Morgan fingerprint density at radius 2 is 1.91 bits per heavy atom. The van der Waals surface area contributed by atoms with E-state index in [0.29, 0.717) is 22.4 Å². The second-order valence-corrected chi connectivity index (χ2v) is 7.21. The Bertz CT molecular complexity index is 783. The smallest absolute Gasteiger partial charge is 0.335 e. The molecule has 23 heavy (non-hydrogen) atoms. The largest absolute Gasteiger partial charge is 0.478 e. The molecule has 1 N–H and O–H groups in total. The third-order valence-corrected chi connectivity index (χ3v) is 5.32. The first kappa shape index (κ1) is 16.4. The van der Waals surface area contributed by atoms with Gasteiger partial charge in [-0.25, -0.2) is 4.79 Å². The lowest BCUT2D eigenvalue weighted by Crippen LogP contribution is -2.05. The Hall–Kier alpha value is -1.51. The summed E-state index contributed by atoms with van der Waals surface area (Å²) in [6, 6.07) is 9.54. The van der Waals surface area contributed by atoms with Crippen molar-refractivity contribution in [3.63, 3.8) is 0 Å². The van der Waals surface area contributed by atoms with Crippen LogP contribution in [-0.2, 0) is 6.42 Å². The molecule has 1 unspecified atom stereocenters. The highest BCUT2D eigenvalue weighted by Gasteiger charge is 2.40. The predicted molar refractivity (Wildman–Crippen MR) is 93.9 cm³/mol. The summed E-state index contributed by atoms with van der Waals surface area (Å²) >= 11 is 12.5. The van der Waals surface area contributed by atoms with Crippen LogP contribution in [0.25, 0.3) is 0 Å². The molecule has 0 aliphatic heterocycles. The summed E-state index contributed by atoms with van der Waals surface area (Å²) < 4.78 is 0. The van der Waals surface area contributed by atoms with E-state index in [-0.39, 0.29) is 0 Å². The summed E-state index contributed by atoms with van der Waals surface area (Å²) in [7, 11) is 0. The van der Waals surface area contributed by atoms with Crippen LogP contribution in [0.4, 0.5) is 0 Å². The average molecular weight is 349 g/mol. The van der Waals surface area contributed by atoms with Crippen molar-refractivity contribution >= 4 is 29.2 Å². The number of carbonyl (C=O) groups is 1. The Labute approximate surface area is 146 Å². The standard InChI is InChI=1S/C19H18Cl2O2/c1-10-3-4-17(20)16(5-10)14-8-12(14)7-13-9-18(21)11(2)6-15(13)19(22)23/h3-6,9,12,14H,7-8H2,1-2H3,(H,22,23)/t12?,14-/m1/s1. The fraction of sp³-hybridized carbons (Fsp3) is 0.316. The quantitative estimate of drug-likeness (QED) is 0.774. The van der Waals surface area contributed by atoms with Gasteiger partial charge in [0.1, 0.15) is 0 Å². The molecule has 3 rings (SSSR count). The second kappa shape index (κ2) is 6.18. The number of hydrogen-bond donors (Lipinski definition) is 1. The average Bonchev–Trinajstić information content (AvgIpc) is 3.24. The van der Waals surface area contributed by atoms with Crippen LogP contribution < -0.4 is 0 Å². The highest BCUT2D eigenvalue weighted by Crippen LogP contribution is 2.51. The first-order valence-corrected chi connectivity index (χ1v) is 8.40. The van der Waals surface area contributed by atoms with Crippen LogP contribution in [0.3, 0.4) is 0 Å². The summed E-state index contributed by atoms with van der Waals surface area (Å²) in [4.78, 5) is 11.5. The van der Waals surface area contributed by atoms with Gasteiger partial charge in [-0.1, -0.05) is 40.9 Å². The third kappa shape index (κ3) is 3.39. The van der Waals surface area contributed by atoms with E-state index in [2.05, 4.69) is 13.0 Å². The van der Waals surface area contributed by atoms with E-state index >= 15 is 0 Å². The number of carboxylic acids is 1. The molecule has 2 aromatic carbocycles. The SMILES string of the molecule is Cc1ccc(Cl)c([C@@H]2CC2Cc2cc(Cl)c(C)cc2C(=O)O)c1. The van der Waals surface area contributed by atoms with Gasteiger partial charge in [-0.05, 0) is 73.4 Å². The second-order valence-electron chi connectivity index (χ2n) is 6.40. The van der Waals surface area contributed by atoms with Crippen molar-refractivity contribution in [3.8, 4) is 0 Å². The van der Waals surface area contributed by atoms with Crippen LogP contribution in [0.2, 0.25) is 10.0 Å². The molecule has 120 valence electrons. The maximum absolute atomic E-state index is 11.5. The van der Waals surface area contributed by atoms with Gasteiger partial charge in [0.2, 0.25) is 0 Å². The summed E-state index contributed by atoms with van der Waals surface area (Å²) in [6.07, 6.45) is 1.75. The van der Waals surface area contributed by atoms with Crippen molar-refractivity contribution < 1.29 is 9.90 Å². The third-order valence-electron chi connectivity index (χ3n) is 4.57. The van der Waals surface area contributed by atoms with E-state index in [4.69, 9.17) is 23.2 Å². The van der Waals surface area contributed by atoms with Gasteiger partial charge in [-0.2, -0.15) is 0 Å². The Kier molecular flexibility index (Phi) is 4.39. The lowest BCUT2D eigenvalue weighted by molar-refractivity contribution is 0.0695. The molecule has 4 heteroatoms. The maximum Gasteiger partial charge on any atom is 0.335 e. The number of aromatic carboxylic acids is 1. The van der Waals surface area contributed by atoms with Crippen LogP contribution in [-0.4, -0.2) is 11.1 Å². The van der Waals surface area contributed by atoms with Gasteiger partial charge < -0.3 is 5.11 Å². The predicted octanol–water partition coefficient (Wildman–Crippen LogP) is 5.65. The fourth-order valence-electron chi connectivity index (χ4n) is 3.17. The summed E-state index contributed by atoms with van der Waals surface area (Å²) in [6.45, 7) is 3.88. The number of carboxylic acid groups (broad SMARTS) is 1. The van der Waals surface area contributed by atoms with Gasteiger partial charge in [-0.3, -0.25) is 0 Å². The number of halogens is 2. The van der Waals surface area contributed by atoms with Gasteiger partial charge in [0.25, 0.3) is 0 Å². The molecule has 1 fully saturated rings. The first-order valence-electron chi connectivity index (χ1n) is 7.65. The van der Waals surface area contributed by atoms with Crippen LogP contribution in [0.15, 0.2) is 30.3 Å². The summed E-state index contributed by atoms with van der Waals surface area (Å²) in [5, 5.41) is 10.8. The summed E-state index contributed by atoms with van der Waals surface area (Å²) in [5.74, 6) is -0.0687. The van der Waals surface area contributed by atoms with Crippen molar-refractivity contribution in [2.24, 2.45) is 5.92 Å². The van der Waals surface area contributed by atoms with Crippen molar-refractivity contribution in [1.82, 2.24) is 0 Å². The van der Waals surface area contributed by atoms with E-state index in [0.717, 1.165) is 29.0 Å². The van der Waals surface area contributed by atoms with Crippen LogP contribution >= 0.6 is 23.2 Å². The molecule has 0 bridgehead atoms. The minimum atomic E-state index is -0.898. The molecule has 2 atom stereocenters. The van der Waals surface area contributed by atoms with Crippen LogP contribution in [0, 0.1) is 19.8 Å². The molecular weight excluding hydrogens is 331 g/mol. The monoisotopic (exact) mass is 348 g/mol. The minimum Gasteiger partial charge on any atom is -0.478 e. The zero-order valence-corrected chi connectivity index (χ0v) is 14.6. The van der Waals surface area contributed by atoms with Gasteiger partial charge in [-0.15, -0.1) is 0 Å². The molecule has 0 heterocycles. The zero-order valence-electron chi connectivity index (χ0n) is 13.1. The van der Waals surface area contributed by atoms with Gasteiger partial charge in [0.15, 0.2) is 0 Å². The molecule has 0 aromatic heterocycles. The van der Waals surface area contributed by atoms with Crippen molar-refractivity contribution in [1.29, 1.82) is 0 Å². The van der Waals surface area contributed by atoms with E-state index in [1.54, 1.807) is 12.1 Å². The molecular formula is C19H18Cl2O2. The Morgan fingerprint density at radius 3 is 2.61 bits per heavy atom. The highest BCUT2D eigenvalue weighted by molar-refractivity contribution is 6.31. The van der Waals surface area contributed by atoms with Gasteiger partial charge in [0.05, 0.1) is 5.56 Å².